The van der Waals surface area contributed by atoms with Crippen LogP contribution in [0.25, 0.3) is 11.3 Å². The fourth-order valence-electron chi connectivity index (χ4n) is 1.73. The second kappa shape index (κ2) is 6.27. The Morgan fingerprint density at radius 2 is 2.19 bits per heavy atom. The summed E-state index contributed by atoms with van der Waals surface area (Å²) in [6.07, 6.45) is 1.40. The van der Waals surface area contributed by atoms with E-state index in [1.807, 2.05) is 0 Å². The van der Waals surface area contributed by atoms with Gasteiger partial charge in [-0.1, -0.05) is 0 Å². The molecule has 2 aromatic rings. The van der Waals surface area contributed by atoms with Crippen LogP contribution in [0.4, 0.5) is 5.69 Å². The topological polar surface area (TPSA) is 95.2 Å². The summed E-state index contributed by atoms with van der Waals surface area (Å²) in [5.41, 5.74) is 0.400. The largest absolute Gasteiger partial charge is 0.462 e. The summed E-state index contributed by atoms with van der Waals surface area (Å²) in [7, 11) is 0. The van der Waals surface area contributed by atoms with Gasteiger partial charge in [0.15, 0.2) is 0 Å². The van der Waals surface area contributed by atoms with E-state index in [-0.39, 0.29) is 28.7 Å². The molecule has 7 nitrogen and oxygen atoms in total. The van der Waals surface area contributed by atoms with Crippen LogP contribution in [0.15, 0.2) is 30.5 Å². The molecule has 0 aliphatic heterocycles. The van der Waals surface area contributed by atoms with Crippen LogP contribution in [0, 0.1) is 10.1 Å². The third-order valence-electron chi connectivity index (χ3n) is 2.61. The molecule has 21 heavy (non-hydrogen) atoms. The predicted octanol–water partition coefficient (Wildman–Crippen LogP) is 2.88. The Morgan fingerprint density at radius 3 is 2.81 bits per heavy atom. The van der Waals surface area contributed by atoms with Crippen LogP contribution in [-0.2, 0) is 4.74 Å². The van der Waals surface area contributed by atoms with Gasteiger partial charge < -0.3 is 4.74 Å². The number of esters is 1. The minimum Gasteiger partial charge on any atom is -0.462 e. The lowest BCUT2D eigenvalue weighted by Gasteiger charge is -2.05. The number of rotatable bonds is 4. The highest BCUT2D eigenvalue weighted by Gasteiger charge is 2.20. The van der Waals surface area contributed by atoms with Crippen molar-refractivity contribution >= 4 is 23.3 Å². The van der Waals surface area contributed by atoms with Crippen molar-refractivity contribution in [2.24, 2.45) is 0 Å². The molecule has 1 aromatic carbocycles. The van der Waals surface area contributed by atoms with E-state index < -0.39 is 10.9 Å². The number of hydrogen-bond donors (Lipinski definition) is 0. The maximum atomic E-state index is 11.6. The lowest BCUT2D eigenvalue weighted by molar-refractivity contribution is -0.384. The monoisotopic (exact) mass is 307 g/mol. The van der Waals surface area contributed by atoms with E-state index in [1.54, 1.807) is 6.92 Å². The second-order valence-electron chi connectivity index (χ2n) is 3.92. The fourth-order valence-corrected chi connectivity index (χ4v) is 1.87. The van der Waals surface area contributed by atoms with Crippen LogP contribution in [0.2, 0.25) is 5.28 Å². The van der Waals surface area contributed by atoms with Crippen molar-refractivity contribution in [1.82, 2.24) is 9.97 Å². The maximum Gasteiger partial charge on any atom is 0.338 e. The normalized spacial score (nSPS) is 10.2. The van der Waals surface area contributed by atoms with Gasteiger partial charge in [0.05, 0.1) is 28.4 Å². The minimum atomic E-state index is -0.618. The molecule has 0 amide bonds. The number of nitro benzene ring substituents is 1. The average Bonchev–Trinajstić information content (AvgIpc) is 2.46. The third-order valence-corrected chi connectivity index (χ3v) is 2.79. The lowest BCUT2D eigenvalue weighted by Crippen LogP contribution is -2.05. The second-order valence-corrected chi connectivity index (χ2v) is 4.26. The van der Waals surface area contributed by atoms with Gasteiger partial charge in [0.25, 0.3) is 5.69 Å². The number of ether oxygens (including phenoxy) is 1. The van der Waals surface area contributed by atoms with Gasteiger partial charge in [-0.2, -0.15) is 0 Å². The van der Waals surface area contributed by atoms with Gasteiger partial charge in [-0.15, -0.1) is 0 Å². The molecule has 2 rings (SSSR count). The Balaban J connectivity index is 2.52. The van der Waals surface area contributed by atoms with Gasteiger partial charge in [0.1, 0.15) is 0 Å². The Labute approximate surface area is 124 Å². The summed E-state index contributed by atoms with van der Waals surface area (Å²) in [4.78, 5) is 29.9. The van der Waals surface area contributed by atoms with Gasteiger partial charge in [-0.05, 0) is 36.7 Å². The van der Waals surface area contributed by atoms with E-state index in [4.69, 9.17) is 16.3 Å². The van der Waals surface area contributed by atoms with Crippen LogP contribution in [0.3, 0.4) is 0 Å². The van der Waals surface area contributed by atoms with Crippen molar-refractivity contribution in [1.29, 1.82) is 0 Å². The quantitative estimate of drug-likeness (QED) is 0.373. The van der Waals surface area contributed by atoms with E-state index >= 15 is 0 Å². The molecule has 0 spiro atoms. The highest BCUT2D eigenvalue weighted by atomic mass is 35.5. The maximum absolute atomic E-state index is 11.6. The van der Waals surface area contributed by atoms with Crippen molar-refractivity contribution in [2.45, 2.75) is 6.92 Å². The van der Waals surface area contributed by atoms with Gasteiger partial charge in [-0.25, -0.2) is 14.8 Å². The molecular weight excluding hydrogens is 298 g/mol. The number of carbonyl (C=O) groups excluding carboxylic acids is 1. The molecule has 1 aromatic heterocycles. The number of carbonyl (C=O) groups is 1. The zero-order valence-corrected chi connectivity index (χ0v) is 11.7. The molecule has 0 fully saturated rings. The molecule has 0 atom stereocenters. The lowest BCUT2D eigenvalue weighted by atomic mass is 10.1. The number of halogens is 1. The van der Waals surface area contributed by atoms with E-state index in [0.29, 0.717) is 5.69 Å². The molecule has 0 unspecified atom stereocenters. The molecule has 0 bridgehead atoms. The molecule has 0 saturated carbocycles. The highest BCUT2D eigenvalue weighted by Crippen LogP contribution is 2.30. The SMILES string of the molecule is CCOC(=O)c1ccc(-c2ccnc(Cl)n2)c([N+](=O)[O-])c1. The first kappa shape index (κ1) is 14.9. The zero-order chi connectivity index (χ0) is 15.4. The van der Waals surface area contributed by atoms with Gasteiger partial charge in [-0.3, -0.25) is 10.1 Å². The first-order valence-electron chi connectivity index (χ1n) is 5.97. The van der Waals surface area contributed by atoms with Crippen LogP contribution in [-0.4, -0.2) is 27.5 Å². The number of benzene rings is 1. The van der Waals surface area contributed by atoms with Gasteiger partial charge in [0.2, 0.25) is 5.28 Å². The number of nitrogens with zero attached hydrogens (tertiary/aromatic N) is 3. The standard InChI is InChI=1S/C13H10ClN3O4/c1-2-21-12(18)8-3-4-9(11(7-8)17(19)20)10-5-6-15-13(14)16-10/h3-7H,2H2,1H3. The van der Waals surface area contributed by atoms with Crippen molar-refractivity contribution in [3.05, 3.63) is 51.4 Å². The molecular formula is C13H10ClN3O4. The Kier molecular flexibility index (Phi) is 4.44. The van der Waals surface area contributed by atoms with Crippen molar-refractivity contribution < 1.29 is 14.5 Å². The van der Waals surface area contributed by atoms with Crippen molar-refractivity contribution in [3.8, 4) is 11.3 Å². The first-order chi connectivity index (χ1) is 10.0. The molecule has 108 valence electrons. The van der Waals surface area contributed by atoms with Gasteiger partial charge in [0, 0.05) is 12.3 Å². The molecule has 0 aliphatic rings. The first-order valence-corrected chi connectivity index (χ1v) is 6.35. The van der Waals surface area contributed by atoms with Crippen molar-refractivity contribution in [3.63, 3.8) is 0 Å². The Bertz CT molecular complexity index is 706. The number of hydrogen-bond acceptors (Lipinski definition) is 6. The number of aromatic nitrogens is 2. The van der Waals surface area contributed by atoms with Crippen LogP contribution >= 0.6 is 11.6 Å². The summed E-state index contributed by atoms with van der Waals surface area (Å²) in [5, 5.41) is 11.2. The molecule has 8 heteroatoms. The molecule has 1 heterocycles. The van der Waals surface area contributed by atoms with E-state index in [2.05, 4.69) is 9.97 Å². The summed E-state index contributed by atoms with van der Waals surface area (Å²) in [6.45, 7) is 1.85. The van der Waals surface area contributed by atoms with Gasteiger partial charge >= 0.3 is 5.97 Å². The molecule has 0 N–H and O–H groups in total. The van der Waals surface area contributed by atoms with E-state index in [9.17, 15) is 14.9 Å². The average molecular weight is 308 g/mol. The summed E-state index contributed by atoms with van der Waals surface area (Å²) < 4.78 is 4.82. The highest BCUT2D eigenvalue weighted by molar-refractivity contribution is 6.28. The van der Waals surface area contributed by atoms with Crippen LogP contribution in [0.1, 0.15) is 17.3 Å². The zero-order valence-electron chi connectivity index (χ0n) is 10.9. The smallest absolute Gasteiger partial charge is 0.338 e. The molecule has 0 aliphatic carbocycles. The molecule has 0 radical (unpaired) electrons. The minimum absolute atomic E-state index is 0.0173. The molecule has 0 saturated heterocycles. The van der Waals surface area contributed by atoms with E-state index in [1.165, 1.54) is 24.4 Å². The summed E-state index contributed by atoms with van der Waals surface area (Å²) in [6, 6.07) is 5.53. The Hall–Kier alpha value is -2.54. The fraction of sp³-hybridized carbons (Fsp3) is 0.154. The van der Waals surface area contributed by atoms with Crippen molar-refractivity contribution in [2.75, 3.05) is 6.61 Å². The van der Waals surface area contributed by atoms with Crippen LogP contribution in [0.5, 0.6) is 0 Å². The predicted molar refractivity (Wildman–Crippen MR) is 75.1 cm³/mol. The summed E-state index contributed by atoms with van der Waals surface area (Å²) >= 11 is 5.68. The summed E-state index contributed by atoms with van der Waals surface area (Å²) in [5.74, 6) is -0.618. The Morgan fingerprint density at radius 1 is 1.43 bits per heavy atom. The third kappa shape index (κ3) is 3.32. The van der Waals surface area contributed by atoms with Crippen LogP contribution < -0.4 is 0 Å². The van der Waals surface area contributed by atoms with E-state index in [0.717, 1.165) is 6.07 Å². The number of nitro groups is 1.